The van der Waals surface area contributed by atoms with Crippen LogP contribution in [0.1, 0.15) is 17.7 Å². The van der Waals surface area contributed by atoms with Crippen molar-refractivity contribution in [3.8, 4) is 0 Å². The summed E-state index contributed by atoms with van der Waals surface area (Å²) in [5, 5.41) is 0. The molecule has 2 heteroatoms. The van der Waals surface area contributed by atoms with Crippen molar-refractivity contribution < 1.29 is 0 Å². The SMILES string of the molecule is c1ccc(CC2CCN(Cc3ccccn3)C2)cc1. The number of likely N-dealkylation sites (tertiary alicyclic amines) is 1. The van der Waals surface area contributed by atoms with E-state index in [0.717, 1.165) is 12.5 Å². The van der Waals surface area contributed by atoms with E-state index in [4.69, 9.17) is 0 Å². The number of benzene rings is 1. The van der Waals surface area contributed by atoms with Crippen molar-refractivity contribution in [1.29, 1.82) is 0 Å². The van der Waals surface area contributed by atoms with Gasteiger partial charge in [-0.2, -0.15) is 0 Å². The summed E-state index contributed by atoms with van der Waals surface area (Å²) in [6, 6.07) is 17.0. The van der Waals surface area contributed by atoms with E-state index in [1.165, 1.54) is 37.2 Å². The van der Waals surface area contributed by atoms with Crippen LogP contribution in [-0.2, 0) is 13.0 Å². The van der Waals surface area contributed by atoms with E-state index in [2.05, 4.69) is 52.3 Å². The molecule has 0 N–H and O–H groups in total. The number of rotatable bonds is 4. The summed E-state index contributed by atoms with van der Waals surface area (Å²) >= 11 is 0. The number of nitrogens with zero attached hydrogens (tertiary/aromatic N) is 2. The van der Waals surface area contributed by atoms with Crippen LogP contribution in [0, 0.1) is 5.92 Å². The summed E-state index contributed by atoms with van der Waals surface area (Å²) in [4.78, 5) is 6.93. The van der Waals surface area contributed by atoms with Gasteiger partial charge in [0.2, 0.25) is 0 Å². The van der Waals surface area contributed by atoms with E-state index >= 15 is 0 Å². The number of hydrogen-bond acceptors (Lipinski definition) is 2. The van der Waals surface area contributed by atoms with Crippen molar-refractivity contribution >= 4 is 0 Å². The molecule has 0 bridgehead atoms. The molecule has 19 heavy (non-hydrogen) atoms. The molecule has 1 atom stereocenters. The topological polar surface area (TPSA) is 16.1 Å². The Kier molecular flexibility index (Phi) is 3.89. The van der Waals surface area contributed by atoms with Crippen LogP contribution in [0.3, 0.4) is 0 Å². The average molecular weight is 252 g/mol. The lowest BCUT2D eigenvalue weighted by atomic mass is 9.99. The predicted octanol–water partition coefficient (Wildman–Crippen LogP) is 3.15. The summed E-state index contributed by atoms with van der Waals surface area (Å²) in [5.74, 6) is 0.797. The molecule has 0 radical (unpaired) electrons. The molecule has 0 spiro atoms. The van der Waals surface area contributed by atoms with Crippen LogP contribution in [0.5, 0.6) is 0 Å². The monoisotopic (exact) mass is 252 g/mol. The molecule has 0 amide bonds. The minimum Gasteiger partial charge on any atom is -0.297 e. The summed E-state index contributed by atoms with van der Waals surface area (Å²) in [7, 11) is 0. The number of hydrogen-bond donors (Lipinski definition) is 0. The second kappa shape index (κ2) is 5.98. The van der Waals surface area contributed by atoms with Crippen LogP contribution in [-0.4, -0.2) is 23.0 Å². The molecule has 3 rings (SSSR count). The highest BCUT2D eigenvalue weighted by atomic mass is 15.1. The zero-order valence-corrected chi connectivity index (χ0v) is 11.2. The van der Waals surface area contributed by atoms with Gasteiger partial charge in [0.05, 0.1) is 5.69 Å². The van der Waals surface area contributed by atoms with Crippen molar-refractivity contribution in [3.05, 3.63) is 66.0 Å². The van der Waals surface area contributed by atoms with E-state index in [1.54, 1.807) is 0 Å². The van der Waals surface area contributed by atoms with Crippen LogP contribution in [0.15, 0.2) is 54.7 Å². The summed E-state index contributed by atoms with van der Waals surface area (Å²) < 4.78 is 0. The number of aromatic nitrogens is 1. The first-order valence-electron chi connectivity index (χ1n) is 7.06. The lowest BCUT2D eigenvalue weighted by Gasteiger charge is -2.15. The molecule has 0 saturated carbocycles. The van der Waals surface area contributed by atoms with E-state index < -0.39 is 0 Å². The van der Waals surface area contributed by atoms with Crippen molar-refractivity contribution in [2.45, 2.75) is 19.4 Å². The minimum atomic E-state index is 0.797. The van der Waals surface area contributed by atoms with Gasteiger partial charge in [-0.25, -0.2) is 0 Å². The van der Waals surface area contributed by atoms with Crippen LogP contribution < -0.4 is 0 Å². The molecule has 1 unspecified atom stereocenters. The first-order valence-corrected chi connectivity index (χ1v) is 7.06. The van der Waals surface area contributed by atoms with Gasteiger partial charge in [-0.3, -0.25) is 9.88 Å². The maximum atomic E-state index is 4.41. The molecule has 1 aromatic heterocycles. The van der Waals surface area contributed by atoms with Gasteiger partial charge in [-0.1, -0.05) is 36.4 Å². The standard InChI is InChI=1S/C17H20N2/c1-2-6-15(7-3-1)12-16-9-11-19(13-16)14-17-8-4-5-10-18-17/h1-8,10,16H,9,11-14H2. The maximum Gasteiger partial charge on any atom is 0.0543 e. The van der Waals surface area contributed by atoms with Gasteiger partial charge < -0.3 is 0 Å². The van der Waals surface area contributed by atoms with E-state index in [-0.39, 0.29) is 0 Å². The summed E-state index contributed by atoms with van der Waals surface area (Å²) in [5.41, 5.74) is 2.65. The van der Waals surface area contributed by atoms with Gasteiger partial charge in [-0.15, -0.1) is 0 Å². The maximum absolute atomic E-state index is 4.41. The second-order valence-corrected chi connectivity index (χ2v) is 5.40. The van der Waals surface area contributed by atoms with Crippen LogP contribution in [0.2, 0.25) is 0 Å². The molecule has 1 aliphatic rings. The van der Waals surface area contributed by atoms with Gasteiger partial charge in [0.25, 0.3) is 0 Å². The Bertz CT molecular complexity index is 448. The zero-order chi connectivity index (χ0) is 12.9. The molecule has 1 aromatic carbocycles. The fourth-order valence-corrected chi connectivity index (χ4v) is 2.89. The quantitative estimate of drug-likeness (QED) is 0.831. The highest BCUT2D eigenvalue weighted by Crippen LogP contribution is 2.21. The molecule has 2 nitrogen and oxygen atoms in total. The van der Waals surface area contributed by atoms with Gasteiger partial charge >= 0.3 is 0 Å². The smallest absolute Gasteiger partial charge is 0.0543 e. The van der Waals surface area contributed by atoms with Crippen molar-refractivity contribution in [1.82, 2.24) is 9.88 Å². The third-order valence-electron chi connectivity index (χ3n) is 3.85. The average Bonchev–Trinajstić information content (AvgIpc) is 2.88. The second-order valence-electron chi connectivity index (χ2n) is 5.40. The normalized spacial score (nSPS) is 19.7. The molecular formula is C17H20N2. The van der Waals surface area contributed by atoms with Gasteiger partial charge in [-0.05, 0) is 43.0 Å². The van der Waals surface area contributed by atoms with Gasteiger partial charge in [0.15, 0.2) is 0 Å². The molecule has 2 heterocycles. The molecule has 2 aromatic rings. The van der Waals surface area contributed by atoms with Crippen LogP contribution >= 0.6 is 0 Å². The largest absolute Gasteiger partial charge is 0.297 e. The Balaban J connectivity index is 1.53. The lowest BCUT2D eigenvalue weighted by Crippen LogP contribution is -2.21. The molecule has 0 aliphatic carbocycles. The summed E-state index contributed by atoms with van der Waals surface area (Å²) in [6.45, 7) is 3.39. The Morgan fingerprint density at radius 3 is 2.68 bits per heavy atom. The Hall–Kier alpha value is -1.67. The van der Waals surface area contributed by atoms with Crippen molar-refractivity contribution in [3.63, 3.8) is 0 Å². The molecule has 1 saturated heterocycles. The Labute approximate surface area is 115 Å². The fraction of sp³-hybridized carbons (Fsp3) is 0.353. The Morgan fingerprint density at radius 2 is 1.89 bits per heavy atom. The Morgan fingerprint density at radius 1 is 1.05 bits per heavy atom. The highest BCUT2D eigenvalue weighted by molar-refractivity contribution is 5.15. The van der Waals surface area contributed by atoms with E-state index in [9.17, 15) is 0 Å². The van der Waals surface area contributed by atoms with Crippen molar-refractivity contribution in [2.75, 3.05) is 13.1 Å². The number of pyridine rings is 1. The fourth-order valence-electron chi connectivity index (χ4n) is 2.89. The van der Waals surface area contributed by atoms with Crippen LogP contribution in [0.4, 0.5) is 0 Å². The molecule has 98 valence electrons. The first-order chi connectivity index (χ1) is 9.40. The van der Waals surface area contributed by atoms with Crippen LogP contribution in [0.25, 0.3) is 0 Å². The minimum absolute atomic E-state index is 0.797. The zero-order valence-electron chi connectivity index (χ0n) is 11.2. The highest BCUT2D eigenvalue weighted by Gasteiger charge is 2.22. The van der Waals surface area contributed by atoms with Gasteiger partial charge in [0, 0.05) is 19.3 Å². The third kappa shape index (κ3) is 3.42. The lowest BCUT2D eigenvalue weighted by molar-refractivity contribution is 0.312. The van der Waals surface area contributed by atoms with E-state index in [1.807, 2.05) is 12.3 Å². The third-order valence-corrected chi connectivity index (χ3v) is 3.85. The first kappa shape index (κ1) is 12.4. The molecular weight excluding hydrogens is 232 g/mol. The molecule has 1 aliphatic heterocycles. The van der Waals surface area contributed by atoms with E-state index in [0.29, 0.717) is 0 Å². The van der Waals surface area contributed by atoms with Crippen molar-refractivity contribution in [2.24, 2.45) is 5.92 Å². The predicted molar refractivity (Wildman–Crippen MR) is 77.8 cm³/mol. The van der Waals surface area contributed by atoms with Gasteiger partial charge in [0.1, 0.15) is 0 Å². The summed E-state index contributed by atoms with van der Waals surface area (Å²) in [6.07, 6.45) is 4.40. The molecule has 1 fully saturated rings.